The van der Waals surface area contributed by atoms with Crippen LogP contribution in [0.1, 0.15) is 30.9 Å². The van der Waals surface area contributed by atoms with E-state index in [0.717, 1.165) is 19.5 Å². The van der Waals surface area contributed by atoms with E-state index in [1.54, 1.807) is 6.92 Å². The first kappa shape index (κ1) is 12.1. The van der Waals surface area contributed by atoms with Crippen LogP contribution in [0.3, 0.4) is 0 Å². The fourth-order valence-corrected chi connectivity index (χ4v) is 2.20. The first-order valence-corrected chi connectivity index (χ1v) is 6.22. The molecule has 1 aliphatic heterocycles. The summed E-state index contributed by atoms with van der Waals surface area (Å²) in [5, 5.41) is 6.18. The minimum Gasteiger partial charge on any atom is -0.354 e. The molecule has 2 rings (SSSR count). The van der Waals surface area contributed by atoms with Crippen LogP contribution in [0.15, 0.2) is 24.3 Å². The van der Waals surface area contributed by atoms with E-state index in [-0.39, 0.29) is 11.9 Å². The molecule has 1 unspecified atom stereocenters. The zero-order valence-corrected chi connectivity index (χ0v) is 10.5. The molecule has 3 heteroatoms. The van der Waals surface area contributed by atoms with Gasteiger partial charge in [0.2, 0.25) is 5.91 Å². The third-order valence-corrected chi connectivity index (χ3v) is 3.22. The van der Waals surface area contributed by atoms with Crippen molar-refractivity contribution in [2.45, 2.75) is 32.2 Å². The standard InChI is InChI=1S/C14H20N2O/c1-10(16-11(2)17)7-12-3-5-13(6-4-12)14-8-15-9-14/h3-6,10,14-15H,7-9H2,1-2H3,(H,16,17). The molecule has 3 nitrogen and oxygen atoms in total. The van der Waals surface area contributed by atoms with Crippen LogP contribution in [0.2, 0.25) is 0 Å². The number of benzene rings is 1. The predicted molar refractivity (Wildman–Crippen MR) is 69.0 cm³/mol. The number of amides is 1. The van der Waals surface area contributed by atoms with Gasteiger partial charge in [-0.1, -0.05) is 24.3 Å². The quantitative estimate of drug-likeness (QED) is 0.825. The molecule has 0 aromatic heterocycles. The van der Waals surface area contributed by atoms with Crippen molar-refractivity contribution < 1.29 is 4.79 Å². The van der Waals surface area contributed by atoms with Crippen molar-refractivity contribution in [1.82, 2.24) is 10.6 Å². The SMILES string of the molecule is CC(=O)NC(C)Cc1ccc(C2CNC2)cc1. The molecule has 17 heavy (non-hydrogen) atoms. The molecule has 1 saturated heterocycles. The maximum absolute atomic E-state index is 10.9. The van der Waals surface area contributed by atoms with Crippen molar-refractivity contribution in [2.24, 2.45) is 0 Å². The Morgan fingerprint density at radius 3 is 2.53 bits per heavy atom. The number of hydrogen-bond acceptors (Lipinski definition) is 2. The predicted octanol–water partition coefficient (Wildman–Crippen LogP) is 1.44. The molecule has 1 aliphatic rings. The second-order valence-electron chi connectivity index (χ2n) is 4.90. The summed E-state index contributed by atoms with van der Waals surface area (Å²) in [6.45, 7) is 5.79. The molecular formula is C14H20N2O. The van der Waals surface area contributed by atoms with Gasteiger partial charge in [0, 0.05) is 32.0 Å². The summed E-state index contributed by atoms with van der Waals surface area (Å²) >= 11 is 0. The van der Waals surface area contributed by atoms with Crippen LogP contribution in [0, 0.1) is 0 Å². The first-order chi connectivity index (χ1) is 8.15. The normalized spacial score (nSPS) is 17.3. The van der Waals surface area contributed by atoms with E-state index in [0.29, 0.717) is 5.92 Å². The Morgan fingerprint density at radius 1 is 1.41 bits per heavy atom. The number of rotatable bonds is 4. The summed E-state index contributed by atoms with van der Waals surface area (Å²) in [5.41, 5.74) is 2.70. The van der Waals surface area contributed by atoms with Gasteiger partial charge in [-0.25, -0.2) is 0 Å². The summed E-state index contributed by atoms with van der Waals surface area (Å²) in [4.78, 5) is 10.9. The Kier molecular flexibility index (Phi) is 3.79. The molecule has 0 aliphatic carbocycles. The van der Waals surface area contributed by atoms with E-state index in [2.05, 4.69) is 34.9 Å². The molecule has 0 bridgehead atoms. The Balaban J connectivity index is 1.90. The van der Waals surface area contributed by atoms with E-state index in [9.17, 15) is 4.79 Å². The van der Waals surface area contributed by atoms with Gasteiger partial charge >= 0.3 is 0 Å². The summed E-state index contributed by atoms with van der Waals surface area (Å²) in [5.74, 6) is 0.728. The molecule has 0 radical (unpaired) electrons. The highest BCUT2D eigenvalue weighted by Crippen LogP contribution is 2.20. The maximum Gasteiger partial charge on any atom is 0.217 e. The molecule has 1 amide bonds. The van der Waals surface area contributed by atoms with Gasteiger partial charge in [0.05, 0.1) is 0 Å². The van der Waals surface area contributed by atoms with Gasteiger partial charge in [0.25, 0.3) is 0 Å². The molecule has 92 valence electrons. The zero-order chi connectivity index (χ0) is 12.3. The van der Waals surface area contributed by atoms with E-state index in [1.807, 2.05) is 6.92 Å². The average molecular weight is 232 g/mol. The van der Waals surface area contributed by atoms with Crippen molar-refractivity contribution in [3.05, 3.63) is 35.4 Å². The summed E-state index contributed by atoms with van der Waals surface area (Å²) in [6, 6.07) is 8.96. The van der Waals surface area contributed by atoms with Gasteiger partial charge < -0.3 is 10.6 Å². The molecule has 1 heterocycles. The Bertz CT molecular complexity index is 382. The third kappa shape index (κ3) is 3.30. The molecule has 0 saturated carbocycles. The van der Waals surface area contributed by atoms with Gasteiger partial charge in [-0.3, -0.25) is 4.79 Å². The van der Waals surface area contributed by atoms with Crippen LogP contribution in [0.4, 0.5) is 0 Å². The highest BCUT2D eigenvalue weighted by Gasteiger charge is 2.18. The van der Waals surface area contributed by atoms with Crippen LogP contribution >= 0.6 is 0 Å². The van der Waals surface area contributed by atoms with Crippen molar-refractivity contribution in [2.75, 3.05) is 13.1 Å². The lowest BCUT2D eigenvalue weighted by Crippen LogP contribution is -2.39. The van der Waals surface area contributed by atoms with E-state index in [4.69, 9.17) is 0 Å². The molecule has 2 N–H and O–H groups in total. The largest absolute Gasteiger partial charge is 0.354 e. The van der Waals surface area contributed by atoms with Crippen LogP contribution in [-0.2, 0) is 11.2 Å². The molecular weight excluding hydrogens is 212 g/mol. The van der Waals surface area contributed by atoms with Crippen molar-refractivity contribution >= 4 is 5.91 Å². The second-order valence-corrected chi connectivity index (χ2v) is 4.90. The fraction of sp³-hybridized carbons (Fsp3) is 0.500. The van der Waals surface area contributed by atoms with E-state index >= 15 is 0 Å². The Hall–Kier alpha value is -1.35. The van der Waals surface area contributed by atoms with Crippen LogP contribution in [-0.4, -0.2) is 25.0 Å². The summed E-state index contributed by atoms with van der Waals surface area (Å²) < 4.78 is 0. The molecule has 1 aromatic rings. The monoisotopic (exact) mass is 232 g/mol. The van der Waals surface area contributed by atoms with Crippen molar-refractivity contribution in [3.63, 3.8) is 0 Å². The topological polar surface area (TPSA) is 41.1 Å². The molecule has 1 fully saturated rings. The minimum atomic E-state index is 0.0367. The van der Waals surface area contributed by atoms with Crippen LogP contribution < -0.4 is 10.6 Å². The maximum atomic E-state index is 10.9. The van der Waals surface area contributed by atoms with Gasteiger partial charge in [0.15, 0.2) is 0 Å². The van der Waals surface area contributed by atoms with E-state index < -0.39 is 0 Å². The van der Waals surface area contributed by atoms with Crippen molar-refractivity contribution in [3.8, 4) is 0 Å². The number of carbonyl (C=O) groups excluding carboxylic acids is 1. The van der Waals surface area contributed by atoms with Gasteiger partial charge in [0.1, 0.15) is 0 Å². The van der Waals surface area contributed by atoms with Crippen molar-refractivity contribution in [1.29, 1.82) is 0 Å². The third-order valence-electron chi connectivity index (χ3n) is 3.22. The lowest BCUT2D eigenvalue weighted by Gasteiger charge is -2.27. The minimum absolute atomic E-state index is 0.0367. The number of nitrogens with one attached hydrogen (secondary N) is 2. The molecule has 0 spiro atoms. The van der Waals surface area contributed by atoms with Gasteiger partial charge in [-0.05, 0) is 24.5 Å². The van der Waals surface area contributed by atoms with Crippen LogP contribution in [0.25, 0.3) is 0 Å². The lowest BCUT2D eigenvalue weighted by molar-refractivity contribution is -0.119. The summed E-state index contributed by atoms with van der Waals surface area (Å²) in [7, 11) is 0. The fourth-order valence-electron chi connectivity index (χ4n) is 2.20. The smallest absolute Gasteiger partial charge is 0.217 e. The lowest BCUT2D eigenvalue weighted by atomic mass is 9.92. The number of carbonyl (C=O) groups is 1. The average Bonchev–Trinajstić information content (AvgIpc) is 2.16. The molecule has 1 aromatic carbocycles. The summed E-state index contributed by atoms with van der Waals surface area (Å²) in [6.07, 6.45) is 0.892. The Morgan fingerprint density at radius 2 is 2.06 bits per heavy atom. The molecule has 1 atom stereocenters. The van der Waals surface area contributed by atoms with Gasteiger partial charge in [-0.15, -0.1) is 0 Å². The Labute approximate surface area is 103 Å². The van der Waals surface area contributed by atoms with Crippen LogP contribution in [0.5, 0.6) is 0 Å². The highest BCUT2D eigenvalue weighted by atomic mass is 16.1. The second kappa shape index (κ2) is 5.32. The highest BCUT2D eigenvalue weighted by molar-refractivity contribution is 5.73. The number of hydrogen-bond donors (Lipinski definition) is 2. The zero-order valence-electron chi connectivity index (χ0n) is 10.5. The first-order valence-electron chi connectivity index (χ1n) is 6.22. The van der Waals surface area contributed by atoms with Gasteiger partial charge in [-0.2, -0.15) is 0 Å². The van der Waals surface area contributed by atoms with E-state index in [1.165, 1.54) is 11.1 Å².